The Kier molecular flexibility index (Phi) is 5.64. The first-order valence-corrected chi connectivity index (χ1v) is 10.9. The number of thiophene rings is 1. The zero-order chi connectivity index (χ0) is 21.3. The number of hydrogen-bond acceptors (Lipinski definition) is 9. The van der Waals surface area contributed by atoms with Gasteiger partial charge in [0.2, 0.25) is 0 Å². The van der Waals surface area contributed by atoms with Gasteiger partial charge in [-0.15, -0.1) is 21.5 Å². The number of carbonyl (C=O) groups excluding carboxylic acids is 1. The summed E-state index contributed by atoms with van der Waals surface area (Å²) >= 11 is 2.58. The van der Waals surface area contributed by atoms with Crippen molar-refractivity contribution >= 4 is 39.3 Å². The zero-order valence-electron chi connectivity index (χ0n) is 16.5. The Balaban J connectivity index is 1.59. The van der Waals surface area contributed by atoms with Crippen molar-refractivity contribution < 1.29 is 9.53 Å². The maximum absolute atomic E-state index is 12.6. The molecule has 0 atom stereocenters. The minimum Gasteiger partial charge on any atom is -0.462 e. The number of aromatic amines is 1. The molecule has 0 bridgehead atoms. The Hall–Kier alpha value is -3.05. The molecule has 1 N–H and O–H groups in total. The maximum Gasteiger partial charge on any atom is 0.348 e. The van der Waals surface area contributed by atoms with Gasteiger partial charge in [0.1, 0.15) is 15.5 Å². The topological polar surface area (TPSA) is 116 Å². The van der Waals surface area contributed by atoms with Gasteiger partial charge in [0.25, 0.3) is 5.56 Å². The molecule has 4 aromatic rings. The lowest BCUT2D eigenvalue weighted by molar-refractivity contribution is 0.0531. The van der Waals surface area contributed by atoms with Crippen molar-refractivity contribution in [2.75, 3.05) is 6.61 Å². The standard InChI is InChI=1S/C19H18N6O3S2/c1-4-28-18(27)14-10(2)13-16(26)21-12(22-17(13)30-14)9-29-19-24-23-15(25(19)3)11-5-7-20-8-6-11/h5-8H,4,9H2,1-3H3,(H,21,22,26). The van der Waals surface area contributed by atoms with E-state index in [2.05, 4.69) is 25.1 Å². The molecule has 0 fully saturated rings. The van der Waals surface area contributed by atoms with Gasteiger partial charge in [-0.2, -0.15) is 0 Å². The number of esters is 1. The number of aryl methyl sites for hydroxylation is 1. The van der Waals surface area contributed by atoms with Crippen LogP contribution < -0.4 is 5.56 Å². The van der Waals surface area contributed by atoms with E-state index in [9.17, 15) is 9.59 Å². The molecule has 4 aromatic heterocycles. The predicted octanol–water partition coefficient (Wildman–Crippen LogP) is 2.95. The Morgan fingerprint density at radius 3 is 2.80 bits per heavy atom. The molecule has 0 spiro atoms. The number of rotatable bonds is 6. The molecule has 9 nitrogen and oxygen atoms in total. The van der Waals surface area contributed by atoms with E-state index in [1.54, 1.807) is 26.2 Å². The Morgan fingerprint density at radius 2 is 2.07 bits per heavy atom. The number of nitrogens with one attached hydrogen (secondary N) is 1. The second-order valence-corrected chi connectivity index (χ2v) is 8.30. The van der Waals surface area contributed by atoms with Crippen LogP contribution in [0.1, 0.15) is 28.0 Å². The van der Waals surface area contributed by atoms with E-state index >= 15 is 0 Å². The van der Waals surface area contributed by atoms with Crippen LogP contribution in [0.5, 0.6) is 0 Å². The van der Waals surface area contributed by atoms with Gasteiger partial charge in [0.05, 0.1) is 17.7 Å². The van der Waals surface area contributed by atoms with E-state index in [1.165, 1.54) is 23.1 Å². The molecule has 0 saturated carbocycles. The van der Waals surface area contributed by atoms with Gasteiger partial charge in [-0.25, -0.2) is 9.78 Å². The maximum atomic E-state index is 12.6. The lowest BCUT2D eigenvalue weighted by atomic mass is 10.2. The molecule has 154 valence electrons. The van der Waals surface area contributed by atoms with Crippen molar-refractivity contribution in [2.24, 2.45) is 7.05 Å². The van der Waals surface area contributed by atoms with Crippen LogP contribution in [0.3, 0.4) is 0 Å². The quantitative estimate of drug-likeness (QED) is 0.358. The lowest BCUT2D eigenvalue weighted by Crippen LogP contribution is -2.11. The van der Waals surface area contributed by atoms with Gasteiger partial charge in [-0.05, 0) is 31.5 Å². The highest BCUT2D eigenvalue weighted by Gasteiger charge is 2.20. The third-order valence-electron chi connectivity index (χ3n) is 4.42. The third-order valence-corrected chi connectivity index (χ3v) is 6.62. The minimum atomic E-state index is -0.434. The second-order valence-electron chi connectivity index (χ2n) is 6.36. The van der Waals surface area contributed by atoms with Crippen LogP contribution in [0, 0.1) is 6.92 Å². The SMILES string of the molecule is CCOC(=O)c1sc2nc(CSc3nnc(-c4ccncc4)n3C)[nH]c(=O)c2c1C. The number of ether oxygens (including phenoxy) is 1. The molecule has 0 aromatic carbocycles. The molecule has 0 aliphatic heterocycles. The number of H-pyrrole nitrogens is 1. The molecule has 0 unspecified atom stereocenters. The van der Waals surface area contributed by atoms with Crippen molar-refractivity contribution in [1.29, 1.82) is 0 Å². The molecular formula is C19H18N6O3S2. The highest BCUT2D eigenvalue weighted by molar-refractivity contribution is 7.98. The summed E-state index contributed by atoms with van der Waals surface area (Å²) in [7, 11) is 1.88. The van der Waals surface area contributed by atoms with Crippen LogP contribution in [0.25, 0.3) is 21.6 Å². The molecule has 4 heterocycles. The summed E-state index contributed by atoms with van der Waals surface area (Å²) in [6.07, 6.45) is 3.41. The van der Waals surface area contributed by atoms with Crippen LogP contribution in [0.15, 0.2) is 34.5 Å². The van der Waals surface area contributed by atoms with E-state index in [1.807, 2.05) is 23.7 Å². The van der Waals surface area contributed by atoms with Crippen molar-refractivity contribution in [3.63, 3.8) is 0 Å². The van der Waals surface area contributed by atoms with Crippen molar-refractivity contribution in [1.82, 2.24) is 29.7 Å². The molecule has 30 heavy (non-hydrogen) atoms. The second kappa shape index (κ2) is 8.36. The van der Waals surface area contributed by atoms with Crippen LogP contribution in [-0.4, -0.2) is 42.3 Å². The number of nitrogens with zero attached hydrogens (tertiary/aromatic N) is 5. The summed E-state index contributed by atoms with van der Waals surface area (Å²) in [4.78, 5) is 37.0. The van der Waals surface area contributed by atoms with E-state index in [4.69, 9.17) is 4.74 Å². The highest BCUT2D eigenvalue weighted by atomic mass is 32.2. The van der Waals surface area contributed by atoms with Crippen molar-refractivity contribution in [3.05, 3.63) is 51.1 Å². The van der Waals surface area contributed by atoms with E-state index < -0.39 is 5.97 Å². The molecule has 0 radical (unpaired) electrons. The smallest absolute Gasteiger partial charge is 0.348 e. The molecule has 0 saturated heterocycles. The van der Waals surface area contributed by atoms with Gasteiger partial charge in [0, 0.05) is 25.0 Å². The molecule has 0 aliphatic carbocycles. The molecule has 4 rings (SSSR count). The van der Waals surface area contributed by atoms with Gasteiger partial charge in [-0.1, -0.05) is 11.8 Å². The fourth-order valence-corrected chi connectivity index (χ4v) is 4.85. The molecule has 0 amide bonds. The Morgan fingerprint density at radius 1 is 1.30 bits per heavy atom. The fourth-order valence-electron chi connectivity index (χ4n) is 2.97. The highest BCUT2D eigenvalue weighted by Crippen LogP contribution is 2.29. The molecule has 0 aliphatic rings. The fraction of sp³-hybridized carbons (Fsp3) is 0.263. The zero-order valence-corrected chi connectivity index (χ0v) is 18.1. The number of hydrogen-bond donors (Lipinski definition) is 1. The first-order chi connectivity index (χ1) is 14.5. The monoisotopic (exact) mass is 442 g/mol. The number of carbonyl (C=O) groups is 1. The van der Waals surface area contributed by atoms with Crippen LogP contribution >= 0.6 is 23.1 Å². The largest absolute Gasteiger partial charge is 0.462 e. The number of aromatic nitrogens is 6. The van der Waals surface area contributed by atoms with E-state index in [0.29, 0.717) is 37.4 Å². The first-order valence-electron chi connectivity index (χ1n) is 9.11. The minimum absolute atomic E-state index is 0.268. The van der Waals surface area contributed by atoms with E-state index in [0.717, 1.165) is 11.4 Å². The summed E-state index contributed by atoms with van der Waals surface area (Å²) in [6, 6.07) is 3.73. The normalized spacial score (nSPS) is 11.2. The van der Waals surface area contributed by atoms with Gasteiger partial charge >= 0.3 is 5.97 Å². The number of fused-ring (bicyclic) bond motifs is 1. The van der Waals surface area contributed by atoms with Crippen molar-refractivity contribution in [3.8, 4) is 11.4 Å². The van der Waals surface area contributed by atoms with Crippen LogP contribution in [0.2, 0.25) is 0 Å². The third kappa shape index (κ3) is 3.73. The van der Waals surface area contributed by atoms with E-state index in [-0.39, 0.29) is 12.2 Å². The Bertz CT molecular complexity index is 1280. The van der Waals surface area contributed by atoms with Crippen LogP contribution in [-0.2, 0) is 17.5 Å². The average molecular weight is 443 g/mol. The Labute approximate surface area is 179 Å². The van der Waals surface area contributed by atoms with Crippen molar-refractivity contribution in [2.45, 2.75) is 24.8 Å². The summed E-state index contributed by atoms with van der Waals surface area (Å²) in [5, 5.41) is 9.59. The number of pyridine rings is 1. The average Bonchev–Trinajstić information content (AvgIpc) is 3.27. The van der Waals surface area contributed by atoms with Gasteiger partial charge in [0.15, 0.2) is 11.0 Å². The summed E-state index contributed by atoms with van der Waals surface area (Å²) in [6.45, 7) is 3.75. The van der Waals surface area contributed by atoms with Crippen LogP contribution in [0.4, 0.5) is 0 Å². The summed E-state index contributed by atoms with van der Waals surface area (Å²) in [5.41, 5.74) is 1.24. The summed E-state index contributed by atoms with van der Waals surface area (Å²) < 4.78 is 6.95. The first kappa shape index (κ1) is 20.2. The summed E-state index contributed by atoms with van der Waals surface area (Å²) in [5.74, 6) is 1.20. The van der Waals surface area contributed by atoms with Gasteiger partial charge < -0.3 is 14.3 Å². The van der Waals surface area contributed by atoms with Gasteiger partial charge in [-0.3, -0.25) is 9.78 Å². The number of thioether (sulfide) groups is 1. The molecule has 11 heteroatoms. The predicted molar refractivity (Wildman–Crippen MR) is 115 cm³/mol. The lowest BCUT2D eigenvalue weighted by Gasteiger charge is -2.04. The molecular weight excluding hydrogens is 424 g/mol.